The third kappa shape index (κ3) is 2.09. The van der Waals surface area contributed by atoms with Crippen molar-refractivity contribution in [2.45, 2.75) is 5.03 Å². The van der Waals surface area contributed by atoms with Crippen LogP contribution in [-0.4, -0.2) is 29.3 Å². The SMILES string of the molecule is Cn1nc(Cl)c(C(=O)NO)c1S(N)(=O)=O. The normalized spacial score (nSPS) is 11.5. The molecule has 0 atom stereocenters. The van der Waals surface area contributed by atoms with Gasteiger partial charge in [-0.25, -0.2) is 19.0 Å². The Kier molecular flexibility index (Phi) is 3.00. The molecule has 0 saturated heterocycles. The fourth-order valence-corrected chi connectivity index (χ4v) is 2.28. The van der Waals surface area contributed by atoms with E-state index in [0.717, 1.165) is 4.68 Å². The zero-order chi connectivity index (χ0) is 11.8. The zero-order valence-electron chi connectivity index (χ0n) is 7.43. The number of sulfonamides is 1. The molecule has 1 aromatic rings. The minimum absolute atomic E-state index is 0.368. The number of nitrogens with one attached hydrogen (secondary N) is 1. The molecule has 0 spiro atoms. The summed E-state index contributed by atoms with van der Waals surface area (Å²) in [5.41, 5.74) is 0.755. The zero-order valence-corrected chi connectivity index (χ0v) is 9.00. The Balaban J connectivity index is 3.58. The first-order valence-corrected chi connectivity index (χ1v) is 5.41. The van der Waals surface area contributed by atoms with E-state index >= 15 is 0 Å². The van der Waals surface area contributed by atoms with E-state index in [1.165, 1.54) is 12.5 Å². The Morgan fingerprint density at radius 1 is 1.67 bits per heavy atom. The predicted molar refractivity (Wildman–Crippen MR) is 48.8 cm³/mol. The number of hydrogen-bond acceptors (Lipinski definition) is 5. The molecular weight excluding hydrogens is 248 g/mol. The molecule has 0 aliphatic carbocycles. The van der Waals surface area contributed by atoms with Crippen LogP contribution in [0.25, 0.3) is 0 Å². The lowest BCUT2D eigenvalue weighted by Gasteiger charge is -2.01. The summed E-state index contributed by atoms with van der Waals surface area (Å²) in [5, 5.41) is 15.8. The van der Waals surface area contributed by atoms with E-state index in [1.807, 2.05) is 0 Å². The molecule has 0 aliphatic rings. The second-order valence-electron chi connectivity index (χ2n) is 2.58. The second-order valence-corrected chi connectivity index (χ2v) is 4.42. The minimum atomic E-state index is -4.15. The highest BCUT2D eigenvalue weighted by atomic mass is 35.5. The molecule has 0 saturated carbocycles. The van der Waals surface area contributed by atoms with Gasteiger partial charge in [0.2, 0.25) is 0 Å². The van der Waals surface area contributed by atoms with E-state index in [1.54, 1.807) is 0 Å². The van der Waals surface area contributed by atoms with Crippen molar-refractivity contribution in [2.24, 2.45) is 12.2 Å². The maximum atomic E-state index is 11.1. The van der Waals surface area contributed by atoms with Gasteiger partial charge >= 0.3 is 0 Å². The highest BCUT2D eigenvalue weighted by molar-refractivity contribution is 7.89. The Morgan fingerprint density at radius 2 is 2.20 bits per heavy atom. The van der Waals surface area contributed by atoms with Gasteiger partial charge in [0.05, 0.1) is 0 Å². The molecule has 0 aromatic carbocycles. The first kappa shape index (κ1) is 11.9. The lowest BCUT2D eigenvalue weighted by atomic mass is 10.3. The standard InChI is InChI=1S/C5H7ClN4O4S/c1-10-5(15(7,13)14)2(3(6)8-10)4(11)9-12/h12H,1H3,(H,9,11)(H2,7,13,14). The number of halogens is 1. The third-order valence-electron chi connectivity index (χ3n) is 1.55. The number of primary sulfonamides is 1. The van der Waals surface area contributed by atoms with Crippen LogP contribution in [0.2, 0.25) is 5.15 Å². The molecule has 10 heteroatoms. The average molecular weight is 255 g/mol. The maximum absolute atomic E-state index is 11.1. The minimum Gasteiger partial charge on any atom is -0.288 e. The van der Waals surface area contributed by atoms with Crippen LogP contribution in [0.15, 0.2) is 5.03 Å². The van der Waals surface area contributed by atoms with Crippen molar-refractivity contribution < 1.29 is 18.4 Å². The predicted octanol–water partition coefficient (Wildman–Crippen LogP) is -1.16. The van der Waals surface area contributed by atoms with Crippen molar-refractivity contribution in [1.29, 1.82) is 0 Å². The largest absolute Gasteiger partial charge is 0.288 e. The molecule has 4 N–H and O–H groups in total. The number of hydroxylamine groups is 1. The van der Waals surface area contributed by atoms with Crippen molar-refractivity contribution in [1.82, 2.24) is 15.3 Å². The van der Waals surface area contributed by atoms with Crippen molar-refractivity contribution >= 4 is 27.5 Å². The van der Waals surface area contributed by atoms with E-state index in [9.17, 15) is 13.2 Å². The highest BCUT2D eigenvalue weighted by Crippen LogP contribution is 2.21. The fourth-order valence-electron chi connectivity index (χ4n) is 1.05. The number of aryl methyl sites for hydroxylation is 1. The number of hydrogen-bond donors (Lipinski definition) is 3. The van der Waals surface area contributed by atoms with Crippen LogP contribution in [0.3, 0.4) is 0 Å². The molecular formula is C5H7ClN4O4S. The quantitative estimate of drug-likeness (QED) is 0.453. The number of carbonyl (C=O) groups excluding carboxylic acids is 1. The summed E-state index contributed by atoms with van der Waals surface area (Å²) in [6.45, 7) is 0. The van der Waals surface area contributed by atoms with Crippen LogP contribution in [0, 0.1) is 0 Å². The van der Waals surface area contributed by atoms with Crippen molar-refractivity contribution in [3.8, 4) is 0 Å². The molecule has 1 amide bonds. The van der Waals surface area contributed by atoms with Gasteiger partial charge in [-0.05, 0) is 0 Å². The molecule has 15 heavy (non-hydrogen) atoms. The van der Waals surface area contributed by atoms with Gasteiger partial charge in [-0.15, -0.1) is 0 Å². The number of amides is 1. The summed E-state index contributed by atoms with van der Waals surface area (Å²) in [6, 6.07) is 0. The molecule has 84 valence electrons. The number of nitrogens with two attached hydrogens (primary N) is 1. The molecule has 0 unspecified atom stereocenters. The van der Waals surface area contributed by atoms with Crippen molar-refractivity contribution in [3.05, 3.63) is 10.7 Å². The lowest BCUT2D eigenvalue weighted by molar-refractivity contribution is 0.0702. The van der Waals surface area contributed by atoms with Crippen LogP contribution in [0.5, 0.6) is 0 Å². The monoisotopic (exact) mass is 254 g/mol. The van der Waals surface area contributed by atoms with Crippen LogP contribution >= 0.6 is 11.6 Å². The van der Waals surface area contributed by atoms with Crippen molar-refractivity contribution in [3.63, 3.8) is 0 Å². The molecule has 1 heterocycles. The van der Waals surface area contributed by atoms with E-state index in [4.69, 9.17) is 21.9 Å². The number of aromatic nitrogens is 2. The van der Waals surface area contributed by atoms with E-state index in [2.05, 4.69) is 5.10 Å². The smallest absolute Gasteiger partial charge is 0.280 e. The number of nitrogens with zero attached hydrogens (tertiary/aromatic N) is 2. The van der Waals surface area contributed by atoms with E-state index in [-0.39, 0.29) is 5.15 Å². The Hall–Kier alpha value is -1.16. The molecule has 0 aliphatic heterocycles. The number of carbonyl (C=O) groups is 1. The van der Waals surface area contributed by atoms with Gasteiger partial charge in [0, 0.05) is 7.05 Å². The first-order chi connectivity index (χ1) is 6.79. The van der Waals surface area contributed by atoms with E-state index in [0.29, 0.717) is 0 Å². The third-order valence-corrected chi connectivity index (χ3v) is 2.82. The van der Waals surface area contributed by atoms with Crippen LogP contribution in [0.4, 0.5) is 0 Å². The topological polar surface area (TPSA) is 127 Å². The molecule has 0 radical (unpaired) electrons. The van der Waals surface area contributed by atoms with E-state index < -0.39 is 26.5 Å². The summed E-state index contributed by atoms with van der Waals surface area (Å²) in [6.07, 6.45) is 0. The van der Waals surface area contributed by atoms with Crippen LogP contribution in [0.1, 0.15) is 10.4 Å². The molecule has 8 nitrogen and oxygen atoms in total. The maximum Gasteiger partial charge on any atom is 0.280 e. The fraction of sp³-hybridized carbons (Fsp3) is 0.200. The average Bonchev–Trinajstić information content (AvgIpc) is 2.38. The summed E-state index contributed by atoms with van der Waals surface area (Å²) in [7, 11) is -2.90. The highest BCUT2D eigenvalue weighted by Gasteiger charge is 2.28. The summed E-state index contributed by atoms with van der Waals surface area (Å²) in [5.74, 6) is -1.10. The first-order valence-electron chi connectivity index (χ1n) is 3.48. The van der Waals surface area contributed by atoms with Crippen LogP contribution < -0.4 is 10.6 Å². The second kappa shape index (κ2) is 3.77. The molecule has 0 fully saturated rings. The molecule has 1 aromatic heterocycles. The molecule has 1 rings (SSSR count). The van der Waals surface area contributed by atoms with Gasteiger partial charge in [0.25, 0.3) is 15.9 Å². The van der Waals surface area contributed by atoms with Gasteiger partial charge < -0.3 is 0 Å². The van der Waals surface area contributed by atoms with Crippen LogP contribution in [-0.2, 0) is 17.1 Å². The molecule has 0 bridgehead atoms. The lowest BCUT2D eigenvalue weighted by Crippen LogP contribution is -2.24. The van der Waals surface area contributed by atoms with Crippen molar-refractivity contribution in [2.75, 3.05) is 0 Å². The Labute approximate surface area is 89.6 Å². The van der Waals surface area contributed by atoms with Gasteiger partial charge in [-0.1, -0.05) is 11.6 Å². The van der Waals surface area contributed by atoms with Gasteiger partial charge in [0.1, 0.15) is 5.56 Å². The Morgan fingerprint density at radius 3 is 2.60 bits per heavy atom. The summed E-state index contributed by atoms with van der Waals surface area (Å²) in [4.78, 5) is 11.1. The van der Waals surface area contributed by atoms with Gasteiger partial charge in [-0.3, -0.25) is 14.7 Å². The van der Waals surface area contributed by atoms with Gasteiger partial charge in [0.15, 0.2) is 10.2 Å². The van der Waals surface area contributed by atoms with Gasteiger partial charge in [-0.2, -0.15) is 5.10 Å². The summed E-state index contributed by atoms with van der Waals surface area (Å²) < 4.78 is 23.0. The summed E-state index contributed by atoms with van der Waals surface area (Å²) >= 11 is 5.51. The number of rotatable bonds is 2. The Bertz CT molecular complexity index is 507.